The van der Waals surface area contributed by atoms with Gasteiger partial charge in [0.25, 0.3) is 0 Å². The van der Waals surface area contributed by atoms with Gasteiger partial charge in [0.1, 0.15) is 22.9 Å². The Morgan fingerprint density at radius 2 is 2.05 bits per heavy atom. The molecule has 0 aliphatic heterocycles. The molecule has 0 radical (unpaired) electrons. The largest absolute Gasteiger partial charge is 0.463 e. The van der Waals surface area contributed by atoms with Crippen LogP contribution < -0.4 is 5.32 Å². The van der Waals surface area contributed by atoms with Crippen LogP contribution >= 0.6 is 0 Å². The smallest absolute Gasteiger partial charge is 0.152 e. The van der Waals surface area contributed by atoms with Crippen LogP contribution in [0.3, 0.4) is 0 Å². The van der Waals surface area contributed by atoms with Crippen molar-refractivity contribution in [2.24, 2.45) is 0 Å². The highest BCUT2D eigenvalue weighted by Crippen LogP contribution is 2.20. The van der Waals surface area contributed by atoms with E-state index in [1.165, 1.54) is 0 Å². The minimum Gasteiger partial charge on any atom is -0.463 e. The molecule has 0 aliphatic rings. The molecule has 20 heavy (non-hydrogen) atoms. The van der Waals surface area contributed by atoms with Crippen LogP contribution in [-0.4, -0.2) is 50.6 Å². The molecule has 7 nitrogen and oxygen atoms in total. The van der Waals surface area contributed by atoms with Crippen molar-refractivity contribution in [2.45, 2.75) is 12.5 Å². The summed E-state index contributed by atoms with van der Waals surface area (Å²) in [5, 5.41) is 30.7. The highest BCUT2D eigenvalue weighted by molar-refractivity contribution is 5.57. The van der Waals surface area contributed by atoms with Gasteiger partial charge < -0.3 is 25.1 Å². The maximum absolute atomic E-state index is 9.79. The fourth-order valence-corrected chi connectivity index (χ4v) is 1.63. The molecule has 0 aromatic carbocycles. The zero-order chi connectivity index (χ0) is 14.6. The van der Waals surface area contributed by atoms with Gasteiger partial charge in [-0.05, 0) is 19.1 Å². The number of aromatic nitrogens is 2. The van der Waals surface area contributed by atoms with E-state index < -0.39 is 18.8 Å². The van der Waals surface area contributed by atoms with Crippen molar-refractivity contribution in [3.05, 3.63) is 30.3 Å². The Bertz CT molecular complexity index is 553. The van der Waals surface area contributed by atoms with Crippen molar-refractivity contribution in [3.8, 4) is 11.5 Å². The molecule has 0 atom stereocenters. The first-order valence-electron chi connectivity index (χ1n) is 6.14. The van der Waals surface area contributed by atoms with E-state index in [0.717, 1.165) is 0 Å². The maximum Gasteiger partial charge on any atom is 0.152 e. The lowest BCUT2D eigenvalue weighted by Gasteiger charge is -2.23. The summed E-state index contributed by atoms with van der Waals surface area (Å²) in [4.78, 5) is 8.43. The van der Waals surface area contributed by atoms with Crippen LogP contribution in [0.5, 0.6) is 0 Å². The summed E-state index contributed by atoms with van der Waals surface area (Å²) in [5.41, 5.74) is -0.981. The van der Waals surface area contributed by atoms with Crippen LogP contribution in [0, 0.1) is 6.92 Å². The van der Waals surface area contributed by atoms with Crippen molar-refractivity contribution in [1.82, 2.24) is 9.97 Å². The first-order valence-corrected chi connectivity index (χ1v) is 6.14. The lowest BCUT2D eigenvalue weighted by molar-refractivity contribution is -0.0442. The number of hydrogen-bond donors (Lipinski definition) is 4. The number of nitrogens with zero attached hydrogens (tertiary/aromatic N) is 2. The highest BCUT2D eigenvalue weighted by atomic mass is 16.4. The fraction of sp³-hybridized carbons (Fsp3) is 0.385. The maximum atomic E-state index is 9.79. The van der Waals surface area contributed by atoms with Crippen molar-refractivity contribution in [1.29, 1.82) is 0 Å². The molecule has 2 rings (SSSR count). The molecule has 108 valence electrons. The molecule has 2 heterocycles. The molecule has 0 aliphatic carbocycles. The standard InChI is InChI=1S/C13H17N3O4/c1-9-15-10(11-3-2-4-20-11)5-12(16-9)14-6-13(19,7-17)8-18/h2-5,17-19H,6-8H2,1H3,(H,14,15,16). The second-order valence-corrected chi connectivity index (χ2v) is 4.56. The second kappa shape index (κ2) is 6.00. The van der Waals surface area contributed by atoms with Gasteiger partial charge in [0.2, 0.25) is 0 Å². The molecule has 0 fully saturated rings. The molecule has 0 saturated heterocycles. The molecule has 0 bridgehead atoms. The van der Waals surface area contributed by atoms with Crippen LogP contribution in [0.15, 0.2) is 28.9 Å². The SMILES string of the molecule is Cc1nc(NCC(O)(CO)CO)cc(-c2ccco2)n1. The molecule has 0 saturated carbocycles. The number of nitrogens with one attached hydrogen (secondary N) is 1. The summed E-state index contributed by atoms with van der Waals surface area (Å²) >= 11 is 0. The van der Waals surface area contributed by atoms with Crippen LogP contribution in [0.2, 0.25) is 0 Å². The zero-order valence-electron chi connectivity index (χ0n) is 11.1. The van der Waals surface area contributed by atoms with Gasteiger partial charge in [-0.2, -0.15) is 0 Å². The number of anilines is 1. The first kappa shape index (κ1) is 14.4. The molecule has 0 spiro atoms. The highest BCUT2D eigenvalue weighted by Gasteiger charge is 2.25. The third-order valence-corrected chi connectivity index (χ3v) is 2.80. The Labute approximate surface area is 115 Å². The predicted octanol–water partition coefficient (Wildman–Crippen LogP) is 0.173. The molecule has 2 aromatic rings. The monoisotopic (exact) mass is 279 g/mol. The number of rotatable bonds is 6. The van der Waals surface area contributed by atoms with Crippen LogP contribution in [-0.2, 0) is 0 Å². The average molecular weight is 279 g/mol. The van der Waals surface area contributed by atoms with E-state index in [1.54, 1.807) is 31.4 Å². The van der Waals surface area contributed by atoms with Crippen LogP contribution in [0.1, 0.15) is 5.82 Å². The van der Waals surface area contributed by atoms with Gasteiger partial charge in [0.05, 0.1) is 19.5 Å². The molecule has 2 aromatic heterocycles. The summed E-state index contributed by atoms with van der Waals surface area (Å²) in [7, 11) is 0. The van der Waals surface area contributed by atoms with Gasteiger partial charge >= 0.3 is 0 Å². The Morgan fingerprint density at radius 3 is 2.65 bits per heavy atom. The molecule has 0 unspecified atom stereocenters. The summed E-state index contributed by atoms with van der Waals surface area (Å²) in [5.74, 6) is 1.63. The van der Waals surface area contributed by atoms with Gasteiger partial charge in [-0.15, -0.1) is 0 Å². The van der Waals surface area contributed by atoms with Gasteiger partial charge in [0, 0.05) is 12.6 Å². The minimum atomic E-state index is -1.59. The van der Waals surface area contributed by atoms with Crippen molar-refractivity contribution in [2.75, 3.05) is 25.1 Å². The van der Waals surface area contributed by atoms with Gasteiger partial charge in [-0.1, -0.05) is 0 Å². The quantitative estimate of drug-likeness (QED) is 0.596. The normalized spacial score (nSPS) is 11.6. The second-order valence-electron chi connectivity index (χ2n) is 4.56. The zero-order valence-corrected chi connectivity index (χ0v) is 11.1. The number of hydrogen-bond acceptors (Lipinski definition) is 7. The molecular formula is C13H17N3O4. The summed E-state index contributed by atoms with van der Waals surface area (Å²) < 4.78 is 5.27. The fourth-order valence-electron chi connectivity index (χ4n) is 1.63. The summed E-state index contributed by atoms with van der Waals surface area (Å²) in [6, 6.07) is 5.21. The van der Waals surface area contributed by atoms with Crippen molar-refractivity contribution >= 4 is 5.82 Å². The lowest BCUT2D eigenvalue weighted by Crippen LogP contribution is -2.44. The average Bonchev–Trinajstić information content (AvgIpc) is 2.98. The lowest BCUT2D eigenvalue weighted by atomic mass is 10.1. The van der Waals surface area contributed by atoms with E-state index >= 15 is 0 Å². The van der Waals surface area contributed by atoms with Crippen LogP contribution in [0.4, 0.5) is 5.82 Å². The summed E-state index contributed by atoms with van der Waals surface area (Å²) in [6.45, 7) is 0.604. The Morgan fingerprint density at radius 1 is 1.30 bits per heavy atom. The van der Waals surface area contributed by atoms with Gasteiger partial charge in [-0.3, -0.25) is 0 Å². The number of aliphatic hydroxyl groups excluding tert-OH is 2. The topological polar surface area (TPSA) is 112 Å². The van der Waals surface area contributed by atoms with E-state index in [9.17, 15) is 5.11 Å². The van der Waals surface area contributed by atoms with Gasteiger partial charge in [-0.25, -0.2) is 9.97 Å². The minimum absolute atomic E-state index is 0.0337. The molecular weight excluding hydrogens is 262 g/mol. The number of aryl methyl sites for hydroxylation is 1. The Kier molecular flexibility index (Phi) is 4.33. The Balaban J connectivity index is 2.17. The Hall–Kier alpha value is -1.96. The molecule has 0 amide bonds. The predicted molar refractivity (Wildman–Crippen MR) is 72.1 cm³/mol. The van der Waals surface area contributed by atoms with Gasteiger partial charge in [0.15, 0.2) is 5.76 Å². The van der Waals surface area contributed by atoms with E-state index in [-0.39, 0.29) is 6.54 Å². The third-order valence-electron chi connectivity index (χ3n) is 2.80. The van der Waals surface area contributed by atoms with E-state index in [1.807, 2.05) is 0 Å². The van der Waals surface area contributed by atoms with Crippen molar-refractivity contribution < 1.29 is 19.7 Å². The van der Waals surface area contributed by atoms with Crippen molar-refractivity contribution in [3.63, 3.8) is 0 Å². The first-order chi connectivity index (χ1) is 9.56. The van der Waals surface area contributed by atoms with Crippen LogP contribution in [0.25, 0.3) is 11.5 Å². The van der Waals surface area contributed by atoms with E-state index in [2.05, 4.69) is 15.3 Å². The third kappa shape index (κ3) is 3.32. The summed E-state index contributed by atoms with van der Waals surface area (Å²) in [6.07, 6.45) is 1.55. The molecule has 4 N–H and O–H groups in total. The van der Waals surface area contributed by atoms with E-state index in [4.69, 9.17) is 14.6 Å². The number of aliphatic hydroxyl groups is 3. The number of furan rings is 1. The molecule has 7 heteroatoms. The van der Waals surface area contributed by atoms with E-state index in [0.29, 0.717) is 23.1 Å².